The minimum atomic E-state index is -0.119. The molecule has 1 aromatic carbocycles. The first kappa shape index (κ1) is 16.8. The van der Waals surface area contributed by atoms with Crippen molar-refractivity contribution >= 4 is 17.7 Å². The molecule has 1 aliphatic carbocycles. The van der Waals surface area contributed by atoms with Crippen LogP contribution in [0.25, 0.3) is 0 Å². The van der Waals surface area contributed by atoms with E-state index < -0.39 is 0 Å². The van der Waals surface area contributed by atoms with Crippen molar-refractivity contribution < 1.29 is 9.18 Å². The van der Waals surface area contributed by atoms with Gasteiger partial charge in [0.2, 0.25) is 5.91 Å². The third kappa shape index (κ3) is 4.50. The topological polar surface area (TPSA) is 20.3 Å². The number of amides is 1. The Kier molecular flexibility index (Phi) is 5.98. The van der Waals surface area contributed by atoms with E-state index in [1.807, 2.05) is 17.0 Å². The van der Waals surface area contributed by atoms with Crippen molar-refractivity contribution in [3.8, 4) is 0 Å². The molecule has 3 rings (SSSR count). The highest BCUT2D eigenvalue weighted by molar-refractivity contribution is 7.99. The Morgan fingerprint density at radius 1 is 1.17 bits per heavy atom. The van der Waals surface area contributed by atoms with E-state index in [0.29, 0.717) is 12.3 Å². The third-order valence-electron chi connectivity index (χ3n) is 5.19. The highest BCUT2D eigenvalue weighted by Crippen LogP contribution is 2.36. The van der Waals surface area contributed by atoms with Gasteiger partial charge >= 0.3 is 0 Å². The molecule has 0 radical (unpaired) electrons. The molecule has 0 spiro atoms. The molecule has 1 aliphatic heterocycles. The lowest BCUT2D eigenvalue weighted by molar-refractivity contribution is -0.131. The van der Waals surface area contributed by atoms with Crippen LogP contribution < -0.4 is 0 Å². The van der Waals surface area contributed by atoms with Gasteiger partial charge in [-0.05, 0) is 24.8 Å². The molecule has 2 aliphatic rings. The first-order valence-corrected chi connectivity index (χ1v) is 9.92. The second-order valence-electron chi connectivity index (χ2n) is 6.74. The summed E-state index contributed by atoms with van der Waals surface area (Å²) in [7, 11) is 0. The van der Waals surface area contributed by atoms with Crippen molar-refractivity contribution in [3.05, 3.63) is 35.6 Å². The fourth-order valence-corrected chi connectivity index (χ4v) is 5.04. The Bertz CT molecular complexity index is 530. The zero-order chi connectivity index (χ0) is 16.1. The normalized spacial score (nSPS) is 23.0. The Hall–Kier alpha value is -1.03. The molecular weight excluding hydrogens is 309 g/mol. The van der Waals surface area contributed by atoms with E-state index in [9.17, 15) is 9.18 Å². The van der Waals surface area contributed by atoms with Gasteiger partial charge in [-0.15, -0.1) is 0 Å². The van der Waals surface area contributed by atoms with Gasteiger partial charge in [0.1, 0.15) is 5.82 Å². The van der Waals surface area contributed by atoms with Gasteiger partial charge < -0.3 is 4.90 Å². The lowest BCUT2D eigenvalue weighted by atomic mass is 10.0. The molecule has 1 aromatic rings. The van der Waals surface area contributed by atoms with Gasteiger partial charge in [-0.25, -0.2) is 4.39 Å². The maximum absolute atomic E-state index is 14.0. The zero-order valence-corrected chi connectivity index (χ0v) is 14.5. The molecule has 0 aromatic heterocycles. The van der Waals surface area contributed by atoms with Crippen molar-refractivity contribution in [3.63, 3.8) is 0 Å². The lowest BCUT2D eigenvalue weighted by Crippen LogP contribution is -2.33. The zero-order valence-electron chi connectivity index (χ0n) is 13.7. The van der Waals surface area contributed by atoms with Crippen LogP contribution in [-0.2, 0) is 4.79 Å². The summed E-state index contributed by atoms with van der Waals surface area (Å²) in [5.74, 6) is 1.85. The molecule has 1 unspecified atom stereocenters. The maximum Gasteiger partial charge on any atom is 0.222 e. The summed E-state index contributed by atoms with van der Waals surface area (Å²) in [4.78, 5) is 14.5. The Morgan fingerprint density at radius 3 is 2.74 bits per heavy atom. The number of carbonyl (C=O) groups is 1. The van der Waals surface area contributed by atoms with Gasteiger partial charge in [-0.2, -0.15) is 11.8 Å². The SMILES string of the molecule is O=C(CCC1CCCC1)N1CCSC(c2ccccc2F)CC1. The summed E-state index contributed by atoms with van der Waals surface area (Å²) < 4.78 is 14.0. The number of hydrogen-bond donors (Lipinski definition) is 0. The van der Waals surface area contributed by atoms with E-state index in [2.05, 4.69) is 0 Å². The number of nitrogens with zero attached hydrogens (tertiary/aromatic N) is 1. The highest BCUT2D eigenvalue weighted by atomic mass is 32.2. The van der Waals surface area contributed by atoms with Gasteiger partial charge in [0, 0.05) is 36.1 Å². The molecule has 1 saturated heterocycles. The predicted octanol–water partition coefficient (Wildman–Crippen LogP) is 4.80. The van der Waals surface area contributed by atoms with Gasteiger partial charge in [0.15, 0.2) is 0 Å². The van der Waals surface area contributed by atoms with Crippen molar-refractivity contribution in [2.24, 2.45) is 5.92 Å². The monoisotopic (exact) mass is 335 g/mol. The number of halogens is 1. The molecule has 0 N–H and O–H groups in total. The van der Waals surface area contributed by atoms with Crippen LogP contribution >= 0.6 is 11.8 Å². The summed E-state index contributed by atoms with van der Waals surface area (Å²) in [6.07, 6.45) is 7.88. The molecular formula is C19H26FNOS. The van der Waals surface area contributed by atoms with Crippen LogP contribution in [0.3, 0.4) is 0 Å². The van der Waals surface area contributed by atoms with Gasteiger partial charge in [-0.3, -0.25) is 4.79 Å². The molecule has 1 heterocycles. The third-order valence-corrected chi connectivity index (χ3v) is 6.50. The fourth-order valence-electron chi connectivity index (χ4n) is 3.79. The largest absolute Gasteiger partial charge is 0.342 e. The molecule has 4 heteroatoms. The molecule has 2 nitrogen and oxygen atoms in total. The number of thioether (sulfide) groups is 1. The standard InChI is InChI=1S/C19H26FNOS/c20-17-8-4-3-7-16(17)18-11-12-21(13-14-23-18)19(22)10-9-15-5-1-2-6-15/h3-4,7-8,15,18H,1-2,5-6,9-14H2. The molecule has 2 fully saturated rings. The summed E-state index contributed by atoms with van der Waals surface area (Å²) in [5, 5.41) is 0.170. The second kappa shape index (κ2) is 8.18. The first-order chi connectivity index (χ1) is 11.2. The van der Waals surface area contributed by atoms with Crippen LogP contribution in [0.5, 0.6) is 0 Å². The molecule has 1 amide bonds. The van der Waals surface area contributed by atoms with Crippen LogP contribution in [0.15, 0.2) is 24.3 Å². The van der Waals surface area contributed by atoms with Crippen LogP contribution in [-0.4, -0.2) is 29.6 Å². The smallest absolute Gasteiger partial charge is 0.222 e. The maximum atomic E-state index is 14.0. The van der Waals surface area contributed by atoms with Gasteiger partial charge in [0.25, 0.3) is 0 Å². The molecule has 1 saturated carbocycles. The molecule has 23 heavy (non-hydrogen) atoms. The number of benzene rings is 1. The quantitative estimate of drug-likeness (QED) is 0.787. The molecule has 1 atom stereocenters. The summed E-state index contributed by atoms with van der Waals surface area (Å²) in [6.45, 7) is 1.56. The van der Waals surface area contributed by atoms with E-state index in [-0.39, 0.29) is 11.1 Å². The van der Waals surface area contributed by atoms with Crippen LogP contribution in [0.4, 0.5) is 4.39 Å². The second-order valence-corrected chi connectivity index (χ2v) is 8.05. The molecule has 126 valence electrons. The number of carbonyl (C=O) groups excluding carboxylic acids is 1. The molecule has 0 bridgehead atoms. The van der Waals surface area contributed by atoms with E-state index in [1.165, 1.54) is 31.7 Å². The average molecular weight is 335 g/mol. The summed E-state index contributed by atoms with van der Waals surface area (Å²) in [6, 6.07) is 7.04. The Morgan fingerprint density at radius 2 is 1.96 bits per heavy atom. The van der Waals surface area contributed by atoms with Crippen molar-refractivity contribution in [2.45, 2.75) is 50.2 Å². The van der Waals surface area contributed by atoms with E-state index in [0.717, 1.165) is 43.2 Å². The number of hydrogen-bond acceptors (Lipinski definition) is 2. The van der Waals surface area contributed by atoms with E-state index >= 15 is 0 Å². The van der Waals surface area contributed by atoms with Crippen molar-refractivity contribution in [2.75, 3.05) is 18.8 Å². The summed E-state index contributed by atoms with van der Waals surface area (Å²) >= 11 is 1.78. The van der Waals surface area contributed by atoms with Crippen LogP contribution in [0.2, 0.25) is 0 Å². The average Bonchev–Trinajstić information content (AvgIpc) is 2.96. The minimum Gasteiger partial charge on any atom is -0.342 e. The Labute approximate surface area is 142 Å². The van der Waals surface area contributed by atoms with Crippen molar-refractivity contribution in [1.82, 2.24) is 4.90 Å². The Balaban J connectivity index is 1.51. The van der Waals surface area contributed by atoms with Gasteiger partial charge in [0.05, 0.1) is 0 Å². The minimum absolute atomic E-state index is 0.119. The number of rotatable bonds is 4. The lowest BCUT2D eigenvalue weighted by Gasteiger charge is -2.21. The highest BCUT2D eigenvalue weighted by Gasteiger charge is 2.24. The summed E-state index contributed by atoms with van der Waals surface area (Å²) in [5.41, 5.74) is 0.790. The van der Waals surface area contributed by atoms with Crippen LogP contribution in [0, 0.1) is 11.7 Å². The van der Waals surface area contributed by atoms with E-state index in [4.69, 9.17) is 0 Å². The van der Waals surface area contributed by atoms with Gasteiger partial charge in [-0.1, -0.05) is 43.9 Å². The fraction of sp³-hybridized carbons (Fsp3) is 0.632. The first-order valence-electron chi connectivity index (χ1n) is 8.88. The predicted molar refractivity (Wildman–Crippen MR) is 94.0 cm³/mol. The van der Waals surface area contributed by atoms with E-state index in [1.54, 1.807) is 17.8 Å². The van der Waals surface area contributed by atoms with Crippen molar-refractivity contribution in [1.29, 1.82) is 0 Å². The van der Waals surface area contributed by atoms with Crippen LogP contribution in [0.1, 0.15) is 55.8 Å².